The standard InChI is InChI=1S/C15H21F3N2O/c1-3-21-14-5-4-13(15(16,17)18)8-12(14)10-20-7-6-19-11(2)9-20/h4-5,8,11,19H,3,6-7,9-10H2,1-2H3/t11-/m1/s1. The number of piperazine rings is 1. The molecule has 0 aromatic heterocycles. The molecule has 118 valence electrons. The molecule has 0 spiro atoms. The fourth-order valence-corrected chi connectivity index (χ4v) is 2.57. The predicted molar refractivity (Wildman–Crippen MR) is 75.4 cm³/mol. The highest BCUT2D eigenvalue weighted by molar-refractivity contribution is 5.38. The van der Waals surface area contributed by atoms with Crippen molar-refractivity contribution in [3.63, 3.8) is 0 Å². The number of halogens is 3. The summed E-state index contributed by atoms with van der Waals surface area (Å²) in [6.45, 7) is 7.32. The third kappa shape index (κ3) is 4.35. The van der Waals surface area contributed by atoms with Crippen LogP contribution in [0.3, 0.4) is 0 Å². The Labute approximate surface area is 123 Å². The molecule has 0 aliphatic carbocycles. The molecule has 1 saturated heterocycles. The second-order valence-corrected chi connectivity index (χ2v) is 5.34. The number of hydrogen-bond donors (Lipinski definition) is 1. The van der Waals surface area contributed by atoms with Gasteiger partial charge in [-0.05, 0) is 32.0 Å². The first-order valence-corrected chi connectivity index (χ1v) is 7.18. The van der Waals surface area contributed by atoms with Gasteiger partial charge in [0.1, 0.15) is 5.75 Å². The van der Waals surface area contributed by atoms with E-state index in [0.717, 1.165) is 25.7 Å². The van der Waals surface area contributed by atoms with Gasteiger partial charge < -0.3 is 10.1 Å². The lowest BCUT2D eigenvalue weighted by Gasteiger charge is -2.32. The van der Waals surface area contributed by atoms with Gasteiger partial charge in [-0.25, -0.2) is 0 Å². The molecular formula is C15H21F3N2O. The fourth-order valence-electron chi connectivity index (χ4n) is 2.57. The molecule has 3 nitrogen and oxygen atoms in total. The molecule has 1 N–H and O–H groups in total. The van der Waals surface area contributed by atoms with Crippen molar-refractivity contribution in [3.8, 4) is 5.75 Å². The van der Waals surface area contributed by atoms with Crippen LogP contribution >= 0.6 is 0 Å². The Morgan fingerprint density at radius 2 is 2.14 bits per heavy atom. The van der Waals surface area contributed by atoms with Crippen LogP contribution in [0, 0.1) is 0 Å². The third-order valence-corrected chi connectivity index (χ3v) is 3.53. The summed E-state index contributed by atoms with van der Waals surface area (Å²) in [7, 11) is 0. The van der Waals surface area contributed by atoms with Crippen LogP contribution in [0.2, 0.25) is 0 Å². The Kier molecular flexibility index (Phi) is 5.11. The lowest BCUT2D eigenvalue weighted by Crippen LogP contribution is -2.48. The van der Waals surface area contributed by atoms with E-state index in [1.165, 1.54) is 12.1 Å². The highest BCUT2D eigenvalue weighted by Gasteiger charge is 2.31. The Morgan fingerprint density at radius 3 is 2.76 bits per heavy atom. The molecule has 21 heavy (non-hydrogen) atoms. The molecule has 1 aromatic carbocycles. The topological polar surface area (TPSA) is 24.5 Å². The van der Waals surface area contributed by atoms with Crippen LogP contribution in [0.15, 0.2) is 18.2 Å². The first kappa shape index (κ1) is 16.1. The Morgan fingerprint density at radius 1 is 1.38 bits per heavy atom. The summed E-state index contributed by atoms with van der Waals surface area (Å²) in [5, 5.41) is 3.32. The van der Waals surface area contributed by atoms with Crippen molar-refractivity contribution in [2.75, 3.05) is 26.2 Å². The van der Waals surface area contributed by atoms with Crippen molar-refractivity contribution in [2.24, 2.45) is 0 Å². The molecule has 0 amide bonds. The Bertz CT molecular complexity index is 476. The van der Waals surface area contributed by atoms with Crippen LogP contribution in [0.25, 0.3) is 0 Å². The number of nitrogens with zero attached hydrogens (tertiary/aromatic N) is 1. The van der Waals surface area contributed by atoms with E-state index in [1.54, 1.807) is 0 Å². The molecular weight excluding hydrogens is 281 g/mol. The highest BCUT2D eigenvalue weighted by Crippen LogP contribution is 2.33. The maximum Gasteiger partial charge on any atom is 0.416 e. The van der Waals surface area contributed by atoms with Gasteiger partial charge in [-0.15, -0.1) is 0 Å². The summed E-state index contributed by atoms with van der Waals surface area (Å²) in [4.78, 5) is 2.15. The maximum atomic E-state index is 12.9. The van der Waals surface area contributed by atoms with Gasteiger partial charge in [0.25, 0.3) is 0 Å². The van der Waals surface area contributed by atoms with E-state index in [2.05, 4.69) is 17.1 Å². The lowest BCUT2D eigenvalue weighted by atomic mass is 10.1. The van der Waals surface area contributed by atoms with Gasteiger partial charge in [0.15, 0.2) is 0 Å². The molecule has 0 saturated carbocycles. The van der Waals surface area contributed by atoms with Crippen LogP contribution in [0.5, 0.6) is 5.75 Å². The number of hydrogen-bond acceptors (Lipinski definition) is 3. The van der Waals surface area contributed by atoms with Crippen LogP contribution in [0.4, 0.5) is 13.2 Å². The van der Waals surface area contributed by atoms with Gasteiger partial charge in [0, 0.05) is 37.8 Å². The summed E-state index contributed by atoms with van der Waals surface area (Å²) in [5.41, 5.74) is -0.0232. The van der Waals surface area contributed by atoms with Gasteiger partial charge in [0.2, 0.25) is 0 Å². The van der Waals surface area contributed by atoms with Crippen LogP contribution in [-0.4, -0.2) is 37.2 Å². The fraction of sp³-hybridized carbons (Fsp3) is 0.600. The number of alkyl halides is 3. The van der Waals surface area contributed by atoms with E-state index in [1.807, 2.05) is 6.92 Å². The summed E-state index contributed by atoms with van der Waals surface area (Å²) in [6.07, 6.45) is -4.32. The van der Waals surface area contributed by atoms with Gasteiger partial charge in [0.05, 0.1) is 12.2 Å². The van der Waals surface area contributed by atoms with Crippen molar-refractivity contribution >= 4 is 0 Å². The van der Waals surface area contributed by atoms with Crippen molar-refractivity contribution in [1.82, 2.24) is 10.2 Å². The Hall–Kier alpha value is -1.27. The molecule has 1 atom stereocenters. The molecule has 6 heteroatoms. The molecule has 2 rings (SSSR count). The molecule has 0 radical (unpaired) electrons. The molecule has 0 unspecified atom stereocenters. The number of rotatable bonds is 4. The van der Waals surface area contributed by atoms with Crippen molar-refractivity contribution in [2.45, 2.75) is 32.6 Å². The monoisotopic (exact) mass is 302 g/mol. The summed E-state index contributed by atoms with van der Waals surface area (Å²) in [6, 6.07) is 4.06. The Balaban J connectivity index is 2.21. The molecule has 1 aromatic rings. The molecule has 1 fully saturated rings. The molecule has 1 aliphatic rings. The van der Waals surface area contributed by atoms with E-state index in [4.69, 9.17) is 4.74 Å². The number of benzene rings is 1. The maximum absolute atomic E-state index is 12.9. The van der Waals surface area contributed by atoms with Gasteiger partial charge in [-0.3, -0.25) is 4.90 Å². The third-order valence-electron chi connectivity index (χ3n) is 3.53. The second kappa shape index (κ2) is 6.66. The van der Waals surface area contributed by atoms with E-state index in [-0.39, 0.29) is 0 Å². The smallest absolute Gasteiger partial charge is 0.416 e. The summed E-state index contributed by atoms with van der Waals surface area (Å²) >= 11 is 0. The van der Waals surface area contributed by atoms with Crippen molar-refractivity contribution in [3.05, 3.63) is 29.3 Å². The average Bonchev–Trinajstić information content (AvgIpc) is 2.40. The summed E-state index contributed by atoms with van der Waals surface area (Å²) < 4.78 is 44.0. The first-order valence-electron chi connectivity index (χ1n) is 7.18. The minimum absolute atomic E-state index is 0.347. The van der Waals surface area contributed by atoms with E-state index in [9.17, 15) is 13.2 Å². The van der Waals surface area contributed by atoms with E-state index < -0.39 is 11.7 Å². The minimum Gasteiger partial charge on any atom is -0.494 e. The summed E-state index contributed by atoms with van der Waals surface area (Å²) in [5.74, 6) is 0.539. The molecule has 0 bridgehead atoms. The van der Waals surface area contributed by atoms with Crippen LogP contribution in [-0.2, 0) is 12.7 Å². The number of ether oxygens (including phenoxy) is 1. The van der Waals surface area contributed by atoms with Crippen LogP contribution in [0.1, 0.15) is 25.0 Å². The predicted octanol–water partition coefficient (Wildman–Crippen LogP) is 2.90. The lowest BCUT2D eigenvalue weighted by molar-refractivity contribution is -0.137. The quantitative estimate of drug-likeness (QED) is 0.925. The minimum atomic E-state index is -4.32. The normalized spacial score (nSPS) is 20.5. The van der Waals surface area contributed by atoms with Crippen molar-refractivity contribution in [1.29, 1.82) is 0 Å². The van der Waals surface area contributed by atoms with E-state index in [0.29, 0.717) is 30.5 Å². The van der Waals surface area contributed by atoms with Gasteiger partial charge in [-0.2, -0.15) is 13.2 Å². The zero-order valence-corrected chi connectivity index (χ0v) is 12.3. The largest absolute Gasteiger partial charge is 0.494 e. The average molecular weight is 302 g/mol. The molecule has 1 heterocycles. The zero-order valence-electron chi connectivity index (χ0n) is 12.3. The second-order valence-electron chi connectivity index (χ2n) is 5.34. The SMILES string of the molecule is CCOc1ccc(C(F)(F)F)cc1CN1CCN[C@H](C)C1. The van der Waals surface area contributed by atoms with Gasteiger partial charge in [-0.1, -0.05) is 0 Å². The highest BCUT2D eigenvalue weighted by atomic mass is 19.4. The van der Waals surface area contributed by atoms with E-state index >= 15 is 0 Å². The van der Waals surface area contributed by atoms with Crippen LogP contribution < -0.4 is 10.1 Å². The van der Waals surface area contributed by atoms with Gasteiger partial charge >= 0.3 is 6.18 Å². The zero-order chi connectivity index (χ0) is 15.5. The first-order chi connectivity index (χ1) is 9.90. The van der Waals surface area contributed by atoms with Crippen molar-refractivity contribution < 1.29 is 17.9 Å². The number of nitrogens with one attached hydrogen (secondary N) is 1. The molecule has 1 aliphatic heterocycles.